The lowest BCUT2D eigenvalue weighted by Gasteiger charge is -2.11. The molecular formula is C18H18BrNO3S. The van der Waals surface area contributed by atoms with E-state index in [-0.39, 0.29) is 23.7 Å². The maximum absolute atomic E-state index is 11.9. The van der Waals surface area contributed by atoms with Gasteiger partial charge in [0.1, 0.15) is 0 Å². The molecule has 24 heavy (non-hydrogen) atoms. The number of para-hydroxylation sites is 1. The van der Waals surface area contributed by atoms with Gasteiger partial charge in [0.15, 0.2) is 6.61 Å². The molecule has 1 N–H and O–H groups in total. The van der Waals surface area contributed by atoms with Crippen molar-refractivity contribution in [3.05, 3.63) is 64.6 Å². The summed E-state index contributed by atoms with van der Waals surface area (Å²) in [7, 11) is 0. The molecule has 0 unspecified atom stereocenters. The van der Waals surface area contributed by atoms with Crippen molar-refractivity contribution in [3.8, 4) is 0 Å². The summed E-state index contributed by atoms with van der Waals surface area (Å²) in [6, 6.07) is 17.0. The number of carbonyl (C=O) groups excluding carboxylic acids is 2. The fourth-order valence-electron chi connectivity index (χ4n) is 1.84. The molecule has 2 aromatic rings. The largest absolute Gasteiger partial charge is 0.455 e. The summed E-state index contributed by atoms with van der Waals surface area (Å²) >= 11 is 4.87. The molecule has 2 aromatic carbocycles. The Labute approximate surface area is 154 Å². The van der Waals surface area contributed by atoms with Crippen LogP contribution in [0.4, 0.5) is 5.69 Å². The van der Waals surface area contributed by atoms with Gasteiger partial charge in [0.05, 0.1) is 5.25 Å². The average molecular weight is 408 g/mol. The highest BCUT2D eigenvalue weighted by atomic mass is 79.9. The number of ether oxygens (including phenoxy) is 1. The van der Waals surface area contributed by atoms with Gasteiger partial charge >= 0.3 is 5.97 Å². The van der Waals surface area contributed by atoms with Gasteiger partial charge in [0, 0.05) is 15.9 Å². The van der Waals surface area contributed by atoms with Crippen molar-refractivity contribution in [3.63, 3.8) is 0 Å². The van der Waals surface area contributed by atoms with Gasteiger partial charge in [-0.1, -0.05) is 46.3 Å². The molecule has 0 aliphatic carbocycles. The summed E-state index contributed by atoms with van der Waals surface area (Å²) in [5.41, 5.74) is 1.81. The van der Waals surface area contributed by atoms with Crippen LogP contribution in [0.3, 0.4) is 0 Å². The predicted molar refractivity (Wildman–Crippen MR) is 101 cm³/mol. The second kappa shape index (κ2) is 9.49. The molecule has 2 rings (SSSR count). The van der Waals surface area contributed by atoms with Crippen LogP contribution in [0.15, 0.2) is 59.1 Å². The van der Waals surface area contributed by atoms with Crippen LogP contribution in [-0.4, -0.2) is 23.7 Å². The van der Waals surface area contributed by atoms with Crippen LogP contribution in [-0.2, 0) is 20.1 Å². The molecule has 0 aliphatic rings. The molecule has 0 bridgehead atoms. The van der Waals surface area contributed by atoms with Gasteiger partial charge in [-0.3, -0.25) is 9.59 Å². The van der Waals surface area contributed by atoms with Crippen molar-refractivity contribution in [2.24, 2.45) is 0 Å². The van der Waals surface area contributed by atoms with Crippen molar-refractivity contribution in [2.75, 3.05) is 11.9 Å². The zero-order chi connectivity index (χ0) is 17.4. The van der Waals surface area contributed by atoms with Gasteiger partial charge < -0.3 is 10.1 Å². The maximum Gasteiger partial charge on any atom is 0.319 e. The Hall–Kier alpha value is -1.79. The monoisotopic (exact) mass is 407 g/mol. The Bertz CT molecular complexity index is 676. The van der Waals surface area contributed by atoms with E-state index in [0.717, 1.165) is 10.0 Å². The first-order valence-corrected chi connectivity index (χ1v) is 9.26. The minimum Gasteiger partial charge on any atom is -0.455 e. The molecule has 0 spiro atoms. The van der Waals surface area contributed by atoms with Crippen LogP contribution in [0.1, 0.15) is 12.5 Å². The van der Waals surface area contributed by atoms with E-state index < -0.39 is 0 Å². The standard InChI is InChI=1S/C18H18BrNO3S/c1-13(24-12-14-7-9-15(19)10-8-14)18(22)23-11-17(21)20-16-5-3-2-4-6-16/h2-10,13H,11-12H2,1H3,(H,20,21)/t13-/m1/s1. The van der Waals surface area contributed by atoms with Crippen LogP contribution in [0, 0.1) is 0 Å². The van der Waals surface area contributed by atoms with Crippen molar-refractivity contribution in [2.45, 2.75) is 17.9 Å². The van der Waals surface area contributed by atoms with Gasteiger partial charge in [-0.15, -0.1) is 11.8 Å². The lowest BCUT2D eigenvalue weighted by molar-refractivity contribution is -0.146. The second-order valence-electron chi connectivity index (χ2n) is 5.10. The highest BCUT2D eigenvalue weighted by molar-refractivity contribution is 9.10. The molecular weight excluding hydrogens is 390 g/mol. The number of nitrogens with one attached hydrogen (secondary N) is 1. The van der Waals surface area contributed by atoms with E-state index >= 15 is 0 Å². The van der Waals surface area contributed by atoms with E-state index in [1.54, 1.807) is 19.1 Å². The van der Waals surface area contributed by atoms with Gasteiger partial charge in [-0.25, -0.2) is 0 Å². The van der Waals surface area contributed by atoms with Crippen LogP contribution in [0.25, 0.3) is 0 Å². The van der Waals surface area contributed by atoms with E-state index in [1.165, 1.54) is 11.8 Å². The summed E-state index contributed by atoms with van der Waals surface area (Å²) < 4.78 is 6.09. The lowest BCUT2D eigenvalue weighted by Crippen LogP contribution is -2.24. The second-order valence-corrected chi connectivity index (χ2v) is 7.35. The van der Waals surface area contributed by atoms with Gasteiger partial charge in [0.25, 0.3) is 5.91 Å². The van der Waals surface area contributed by atoms with Gasteiger partial charge in [-0.2, -0.15) is 0 Å². The molecule has 4 nitrogen and oxygen atoms in total. The quantitative estimate of drug-likeness (QED) is 0.696. The van der Waals surface area contributed by atoms with E-state index in [9.17, 15) is 9.59 Å². The van der Waals surface area contributed by atoms with Crippen molar-refractivity contribution in [1.82, 2.24) is 0 Å². The number of esters is 1. The lowest BCUT2D eigenvalue weighted by atomic mass is 10.2. The molecule has 0 aliphatic heterocycles. The Morgan fingerprint density at radius 2 is 1.79 bits per heavy atom. The number of halogens is 1. The first-order valence-electron chi connectivity index (χ1n) is 7.42. The first-order chi connectivity index (χ1) is 11.5. The fraction of sp³-hybridized carbons (Fsp3) is 0.222. The van der Waals surface area contributed by atoms with Crippen molar-refractivity contribution < 1.29 is 14.3 Å². The zero-order valence-electron chi connectivity index (χ0n) is 13.2. The number of rotatable bonds is 7. The van der Waals surface area contributed by atoms with E-state index in [2.05, 4.69) is 21.2 Å². The highest BCUT2D eigenvalue weighted by Crippen LogP contribution is 2.20. The Morgan fingerprint density at radius 1 is 1.12 bits per heavy atom. The van der Waals surface area contributed by atoms with E-state index in [0.29, 0.717) is 11.4 Å². The third-order valence-electron chi connectivity index (χ3n) is 3.15. The first kappa shape index (κ1) is 18.5. The number of amides is 1. The topological polar surface area (TPSA) is 55.4 Å². The fourth-order valence-corrected chi connectivity index (χ4v) is 2.95. The Balaban J connectivity index is 1.71. The number of benzene rings is 2. The van der Waals surface area contributed by atoms with Crippen LogP contribution in [0.2, 0.25) is 0 Å². The molecule has 0 saturated carbocycles. The third kappa shape index (κ3) is 6.37. The summed E-state index contributed by atoms with van der Waals surface area (Å²) in [4.78, 5) is 23.7. The smallest absolute Gasteiger partial charge is 0.319 e. The SMILES string of the molecule is C[C@@H](SCc1ccc(Br)cc1)C(=O)OCC(=O)Nc1ccccc1. The number of hydrogen-bond acceptors (Lipinski definition) is 4. The zero-order valence-corrected chi connectivity index (χ0v) is 15.6. The molecule has 0 aromatic heterocycles. The molecule has 1 amide bonds. The highest BCUT2D eigenvalue weighted by Gasteiger charge is 2.16. The molecule has 0 fully saturated rings. The number of carbonyl (C=O) groups is 2. The van der Waals surface area contributed by atoms with E-state index in [1.807, 2.05) is 42.5 Å². The van der Waals surface area contributed by atoms with Crippen LogP contribution in [0.5, 0.6) is 0 Å². The van der Waals surface area contributed by atoms with Crippen LogP contribution < -0.4 is 5.32 Å². The number of thioether (sulfide) groups is 1. The summed E-state index contributed by atoms with van der Waals surface area (Å²) in [6.07, 6.45) is 0. The normalized spacial score (nSPS) is 11.6. The number of hydrogen-bond donors (Lipinski definition) is 1. The molecule has 6 heteroatoms. The summed E-state index contributed by atoms with van der Waals surface area (Å²) in [5, 5.41) is 2.34. The van der Waals surface area contributed by atoms with Gasteiger partial charge in [-0.05, 0) is 36.8 Å². The molecule has 0 heterocycles. The summed E-state index contributed by atoms with van der Waals surface area (Å²) in [6.45, 7) is 1.50. The van der Waals surface area contributed by atoms with E-state index in [4.69, 9.17) is 4.74 Å². The molecule has 1 atom stereocenters. The average Bonchev–Trinajstić information content (AvgIpc) is 2.59. The van der Waals surface area contributed by atoms with Crippen molar-refractivity contribution in [1.29, 1.82) is 0 Å². The van der Waals surface area contributed by atoms with Crippen LogP contribution >= 0.6 is 27.7 Å². The molecule has 126 valence electrons. The van der Waals surface area contributed by atoms with Crippen molar-refractivity contribution >= 4 is 45.3 Å². The minimum atomic E-state index is -0.389. The number of anilines is 1. The van der Waals surface area contributed by atoms with Gasteiger partial charge in [0.2, 0.25) is 0 Å². The summed E-state index contributed by atoms with van der Waals surface area (Å²) in [5.74, 6) is -0.0280. The third-order valence-corrected chi connectivity index (χ3v) is 4.87. The molecule has 0 radical (unpaired) electrons. The maximum atomic E-state index is 11.9. The Kier molecular flexibility index (Phi) is 7.34. The predicted octanol–water partition coefficient (Wildman–Crippen LogP) is 4.25. The molecule has 0 saturated heterocycles. The minimum absolute atomic E-state index is 0.281. The Morgan fingerprint density at radius 3 is 2.46 bits per heavy atom.